The highest BCUT2D eigenvalue weighted by Gasteiger charge is 2.17. The monoisotopic (exact) mass is 128 g/mol. The molecule has 1 aliphatic heterocycles. The molecule has 0 aromatic carbocycles. The van der Waals surface area contributed by atoms with Gasteiger partial charge in [0, 0.05) is 7.11 Å². The quantitative estimate of drug-likeness (QED) is 0.530. The van der Waals surface area contributed by atoms with Crippen molar-refractivity contribution < 1.29 is 9.47 Å². The summed E-state index contributed by atoms with van der Waals surface area (Å²) in [5, 5.41) is 0. The third-order valence-electron chi connectivity index (χ3n) is 1.58. The Labute approximate surface area is 55.5 Å². The molecule has 9 heavy (non-hydrogen) atoms. The molecule has 0 saturated carbocycles. The summed E-state index contributed by atoms with van der Waals surface area (Å²) in [6.07, 6.45) is 5.14. The average Bonchev–Trinajstić information content (AvgIpc) is 1.89. The van der Waals surface area contributed by atoms with Crippen LogP contribution in [0.4, 0.5) is 0 Å². The molecule has 1 heterocycles. The van der Waals surface area contributed by atoms with Crippen molar-refractivity contribution in [2.24, 2.45) is 0 Å². The maximum Gasteiger partial charge on any atom is 0.121 e. The zero-order valence-electron chi connectivity index (χ0n) is 5.83. The summed E-state index contributed by atoms with van der Waals surface area (Å²) in [5.41, 5.74) is 0. The second-order valence-corrected chi connectivity index (χ2v) is 2.22. The highest BCUT2D eigenvalue weighted by Crippen LogP contribution is 2.12. The number of rotatable bonds is 1. The minimum absolute atomic E-state index is 0.208. The van der Waals surface area contributed by atoms with E-state index in [1.54, 1.807) is 13.4 Å². The van der Waals surface area contributed by atoms with Crippen molar-refractivity contribution in [3.05, 3.63) is 12.3 Å². The van der Waals surface area contributed by atoms with Crippen LogP contribution >= 0.6 is 0 Å². The van der Waals surface area contributed by atoms with E-state index in [-0.39, 0.29) is 12.2 Å². The van der Waals surface area contributed by atoms with Gasteiger partial charge in [-0.1, -0.05) is 0 Å². The molecule has 0 aromatic rings. The van der Waals surface area contributed by atoms with E-state index in [4.69, 9.17) is 9.47 Å². The Hall–Kier alpha value is -0.500. The lowest BCUT2D eigenvalue weighted by Gasteiger charge is -2.23. The Morgan fingerprint density at radius 3 is 2.89 bits per heavy atom. The number of hydrogen-bond acceptors (Lipinski definition) is 2. The van der Waals surface area contributed by atoms with Crippen LogP contribution in [-0.4, -0.2) is 19.3 Å². The van der Waals surface area contributed by atoms with E-state index in [2.05, 4.69) is 0 Å². The second kappa shape index (κ2) is 2.87. The van der Waals surface area contributed by atoms with Crippen LogP contribution in [0.2, 0.25) is 0 Å². The molecule has 0 aliphatic carbocycles. The molecule has 0 fully saturated rings. The van der Waals surface area contributed by atoms with Gasteiger partial charge in [-0.2, -0.15) is 0 Å². The number of ether oxygens (including phenoxy) is 2. The van der Waals surface area contributed by atoms with Crippen molar-refractivity contribution in [3.8, 4) is 0 Å². The molecule has 1 rings (SSSR count). The van der Waals surface area contributed by atoms with E-state index in [0.717, 1.165) is 6.42 Å². The van der Waals surface area contributed by atoms with Crippen LogP contribution in [0.25, 0.3) is 0 Å². The molecule has 0 spiro atoms. The van der Waals surface area contributed by atoms with E-state index >= 15 is 0 Å². The zero-order chi connectivity index (χ0) is 6.69. The third-order valence-corrected chi connectivity index (χ3v) is 1.58. The van der Waals surface area contributed by atoms with E-state index in [1.807, 2.05) is 13.0 Å². The van der Waals surface area contributed by atoms with Crippen molar-refractivity contribution in [1.29, 1.82) is 0 Å². The Kier molecular flexibility index (Phi) is 2.11. The smallest absolute Gasteiger partial charge is 0.121 e. The SMILES string of the molecule is CO[C@H]1CC=CO[C@@H]1C. The maximum absolute atomic E-state index is 5.18. The Balaban J connectivity index is 2.43. The van der Waals surface area contributed by atoms with Gasteiger partial charge >= 0.3 is 0 Å². The first kappa shape index (κ1) is 6.62. The Morgan fingerprint density at radius 2 is 2.44 bits per heavy atom. The predicted octanol–water partition coefficient (Wildman–Crippen LogP) is 1.32. The molecule has 0 bridgehead atoms. The summed E-state index contributed by atoms with van der Waals surface area (Å²) in [6, 6.07) is 0. The van der Waals surface area contributed by atoms with Crippen LogP contribution in [-0.2, 0) is 9.47 Å². The van der Waals surface area contributed by atoms with E-state index in [1.165, 1.54) is 0 Å². The van der Waals surface area contributed by atoms with E-state index < -0.39 is 0 Å². The fourth-order valence-corrected chi connectivity index (χ4v) is 0.936. The van der Waals surface area contributed by atoms with E-state index in [9.17, 15) is 0 Å². The van der Waals surface area contributed by atoms with Crippen LogP contribution in [0.5, 0.6) is 0 Å². The fraction of sp³-hybridized carbons (Fsp3) is 0.714. The summed E-state index contributed by atoms with van der Waals surface area (Å²) >= 11 is 0. The minimum Gasteiger partial charge on any atom is -0.496 e. The van der Waals surface area contributed by atoms with Gasteiger partial charge in [0.05, 0.1) is 12.4 Å². The van der Waals surface area contributed by atoms with Crippen molar-refractivity contribution in [2.45, 2.75) is 25.6 Å². The molecular weight excluding hydrogens is 116 g/mol. The van der Waals surface area contributed by atoms with Gasteiger partial charge in [-0.3, -0.25) is 0 Å². The first-order chi connectivity index (χ1) is 4.34. The standard InChI is InChI=1S/C7H12O2/c1-6-7(8-2)4-3-5-9-6/h3,5-7H,4H2,1-2H3/t6-,7+/m1/s1. The molecule has 2 heteroatoms. The minimum atomic E-state index is 0.208. The summed E-state index contributed by atoms with van der Waals surface area (Å²) in [7, 11) is 1.71. The van der Waals surface area contributed by atoms with Crippen LogP contribution in [0, 0.1) is 0 Å². The normalized spacial score (nSPS) is 34.0. The van der Waals surface area contributed by atoms with Crippen LogP contribution < -0.4 is 0 Å². The lowest BCUT2D eigenvalue weighted by atomic mass is 10.1. The Morgan fingerprint density at radius 1 is 1.67 bits per heavy atom. The van der Waals surface area contributed by atoms with Crippen LogP contribution in [0.15, 0.2) is 12.3 Å². The molecule has 0 unspecified atom stereocenters. The Bertz CT molecular complexity index is 109. The molecule has 0 aromatic heterocycles. The molecule has 0 amide bonds. The molecule has 52 valence electrons. The molecule has 2 atom stereocenters. The lowest BCUT2D eigenvalue weighted by molar-refractivity contribution is -0.0185. The summed E-state index contributed by atoms with van der Waals surface area (Å²) < 4.78 is 10.3. The zero-order valence-corrected chi connectivity index (χ0v) is 5.83. The van der Waals surface area contributed by atoms with Gasteiger partial charge in [0.25, 0.3) is 0 Å². The third kappa shape index (κ3) is 1.45. The molecule has 1 aliphatic rings. The van der Waals surface area contributed by atoms with Gasteiger partial charge in [0.2, 0.25) is 0 Å². The summed E-state index contributed by atoms with van der Waals surface area (Å²) in [5.74, 6) is 0. The number of hydrogen-bond donors (Lipinski definition) is 0. The first-order valence-electron chi connectivity index (χ1n) is 3.18. The summed E-state index contributed by atoms with van der Waals surface area (Å²) in [4.78, 5) is 0. The van der Waals surface area contributed by atoms with E-state index in [0.29, 0.717) is 0 Å². The van der Waals surface area contributed by atoms with Crippen molar-refractivity contribution in [2.75, 3.05) is 7.11 Å². The molecule has 0 saturated heterocycles. The topological polar surface area (TPSA) is 18.5 Å². The highest BCUT2D eigenvalue weighted by atomic mass is 16.5. The van der Waals surface area contributed by atoms with Crippen LogP contribution in [0.3, 0.4) is 0 Å². The molecule has 0 radical (unpaired) electrons. The van der Waals surface area contributed by atoms with Gasteiger partial charge in [-0.15, -0.1) is 0 Å². The average molecular weight is 128 g/mol. The van der Waals surface area contributed by atoms with Crippen molar-refractivity contribution in [1.82, 2.24) is 0 Å². The van der Waals surface area contributed by atoms with Gasteiger partial charge in [0.1, 0.15) is 6.10 Å². The molecule has 2 nitrogen and oxygen atoms in total. The predicted molar refractivity (Wildman–Crippen MR) is 35.1 cm³/mol. The van der Waals surface area contributed by atoms with Crippen molar-refractivity contribution >= 4 is 0 Å². The largest absolute Gasteiger partial charge is 0.496 e. The molecular formula is C7H12O2. The van der Waals surface area contributed by atoms with Crippen molar-refractivity contribution in [3.63, 3.8) is 0 Å². The summed E-state index contributed by atoms with van der Waals surface area (Å²) in [6.45, 7) is 2.01. The maximum atomic E-state index is 5.18. The van der Waals surface area contributed by atoms with Crippen LogP contribution in [0.1, 0.15) is 13.3 Å². The highest BCUT2D eigenvalue weighted by molar-refractivity contribution is 4.87. The second-order valence-electron chi connectivity index (χ2n) is 2.22. The molecule has 0 N–H and O–H groups in total. The first-order valence-corrected chi connectivity index (χ1v) is 3.18. The lowest BCUT2D eigenvalue weighted by Crippen LogP contribution is -2.28. The van der Waals surface area contributed by atoms with Gasteiger partial charge in [-0.05, 0) is 19.4 Å². The van der Waals surface area contributed by atoms with Gasteiger partial charge in [-0.25, -0.2) is 0 Å². The fourth-order valence-electron chi connectivity index (χ4n) is 0.936. The van der Waals surface area contributed by atoms with Gasteiger partial charge in [0.15, 0.2) is 0 Å². The van der Waals surface area contributed by atoms with Gasteiger partial charge < -0.3 is 9.47 Å². The number of methoxy groups -OCH3 is 1.